The smallest absolute Gasteiger partial charge is 0.244 e. The van der Waals surface area contributed by atoms with E-state index in [4.69, 9.17) is 5.73 Å². The third kappa shape index (κ3) is 6.05. The van der Waals surface area contributed by atoms with Gasteiger partial charge in [0.15, 0.2) is 0 Å². The van der Waals surface area contributed by atoms with Crippen LogP contribution in [0.25, 0.3) is 0 Å². The molecule has 0 aromatic heterocycles. The number of hydrogen-bond donors (Lipinski definition) is 2. The summed E-state index contributed by atoms with van der Waals surface area (Å²) in [7, 11) is 0. The van der Waals surface area contributed by atoms with Crippen molar-refractivity contribution in [2.45, 2.75) is 58.9 Å². The van der Waals surface area contributed by atoms with Crippen molar-refractivity contribution in [1.29, 1.82) is 0 Å². The fraction of sp³-hybridized carbons (Fsp3) is 0.545. The van der Waals surface area contributed by atoms with Crippen molar-refractivity contribution in [3.05, 3.63) is 29.3 Å². The van der Waals surface area contributed by atoms with E-state index in [0.29, 0.717) is 32.4 Å². The molecule has 3 N–H and O–H groups in total. The van der Waals surface area contributed by atoms with Crippen LogP contribution in [0, 0.1) is 13.8 Å². The fourth-order valence-electron chi connectivity index (χ4n) is 3.81. The molecule has 1 aromatic rings. The molecule has 3 rings (SSSR count). The number of likely N-dealkylation sites (tertiary alicyclic amines) is 2. The lowest BCUT2D eigenvalue weighted by Crippen LogP contribution is -2.44. The maximum atomic E-state index is 11.9. The number of nitrogens with one attached hydrogen (secondary N) is 1. The lowest BCUT2D eigenvalue weighted by atomic mass is 10.1. The lowest BCUT2D eigenvalue weighted by Gasteiger charge is -2.23. The van der Waals surface area contributed by atoms with Gasteiger partial charge in [-0.15, -0.1) is 0 Å². The number of aryl methyl sites for hydroxylation is 2. The standard InChI is InChI=1S/C14H18N2O2.C8H14N2O2/c1-10-5-3-6-11(2)14(10)15-12(17)9-16-8-4-7-13(16)18;1-2-6(8(9)12)10-5-3-4-7(10)11/h3,5-6H,4,7-9H2,1-2H3,(H,15,17);6H,2-5H2,1H3,(H2,9,12)/t;6-/m.0/s1. The van der Waals surface area contributed by atoms with Gasteiger partial charge in [-0.3, -0.25) is 19.2 Å². The first-order chi connectivity index (χ1) is 14.2. The van der Waals surface area contributed by atoms with E-state index in [2.05, 4.69) is 5.32 Å². The van der Waals surface area contributed by atoms with Crippen LogP contribution in [-0.2, 0) is 19.2 Å². The number of primary amides is 1. The molecule has 2 aliphatic rings. The summed E-state index contributed by atoms with van der Waals surface area (Å²) in [5.41, 5.74) is 8.09. The monoisotopic (exact) mass is 416 g/mol. The minimum Gasteiger partial charge on any atom is -0.368 e. The van der Waals surface area contributed by atoms with Gasteiger partial charge in [0.1, 0.15) is 6.04 Å². The van der Waals surface area contributed by atoms with E-state index in [1.165, 1.54) is 0 Å². The molecular formula is C22H32N4O4. The van der Waals surface area contributed by atoms with Crippen LogP contribution in [-0.4, -0.2) is 59.1 Å². The molecule has 2 heterocycles. The highest BCUT2D eigenvalue weighted by molar-refractivity contribution is 5.96. The lowest BCUT2D eigenvalue weighted by molar-refractivity contribution is -0.136. The Bertz CT molecular complexity index is 788. The van der Waals surface area contributed by atoms with Gasteiger partial charge in [0.05, 0.1) is 6.54 Å². The second kappa shape index (κ2) is 10.8. The molecule has 1 atom stereocenters. The molecule has 0 radical (unpaired) electrons. The van der Waals surface area contributed by atoms with E-state index < -0.39 is 5.91 Å². The van der Waals surface area contributed by atoms with Crippen molar-refractivity contribution in [2.24, 2.45) is 5.73 Å². The molecular weight excluding hydrogens is 384 g/mol. The van der Waals surface area contributed by atoms with E-state index in [-0.39, 0.29) is 30.3 Å². The number of para-hydroxylation sites is 1. The second-order valence-electron chi connectivity index (χ2n) is 7.75. The van der Waals surface area contributed by atoms with Gasteiger partial charge >= 0.3 is 0 Å². The molecule has 1 aromatic carbocycles. The Morgan fingerprint density at radius 1 is 1.07 bits per heavy atom. The molecule has 0 spiro atoms. The summed E-state index contributed by atoms with van der Waals surface area (Å²) in [6.07, 6.45) is 3.44. The molecule has 8 heteroatoms. The van der Waals surface area contributed by atoms with Crippen molar-refractivity contribution in [2.75, 3.05) is 25.0 Å². The highest BCUT2D eigenvalue weighted by Gasteiger charge is 2.29. The summed E-state index contributed by atoms with van der Waals surface area (Å²) in [6, 6.07) is 5.50. The Kier molecular flexibility index (Phi) is 8.38. The molecule has 2 fully saturated rings. The second-order valence-corrected chi connectivity index (χ2v) is 7.75. The molecule has 0 bridgehead atoms. The van der Waals surface area contributed by atoms with Crippen molar-refractivity contribution < 1.29 is 19.2 Å². The minimum atomic E-state index is -0.396. The van der Waals surface area contributed by atoms with Gasteiger partial charge in [0.2, 0.25) is 23.6 Å². The average Bonchev–Trinajstić information content (AvgIpc) is 3.28. The Hall–Kier alpha value is -2.90. The van der Waals surface area contributed by atoms with Crippen LogP contribution in [0.15, 0.2) is 18.2 Å². The molecule has 8 nitrogen and oxygen atoms in total. The average molecular weight is 417 g/mol. The molecule has 0 unspecified atom stereocenters. The number of carbonyl (C=O) groups excluding carboxylic acids is 4. The molecule has 2 aliphatic heterocycles. The number of hydrogen-bond acceptors (Lipinski definition) is 4. The van der Waals surface area contributed by atoms with Gasteiger partial charge < -0.3 is 20.9 Å². The molecule has 2 saturated heterocycles. The van der Waals surface area contributed by atoms with Crippen molar-refractivity contribution in [3.63, 3.8) is 0 Å². The number of nitrogens with two attached hydrogens (primary N) is 1. The van der Waals surface area contributed by atoms with Crippen LogP contribution in [0.2, 0.25) is 0 Å². The SMILES string of the molecule is CC[C@@H](C(N)=O)N1CCCC1=O.Cc1cccc(C)c1NC(=O)CN1CCCC1=O. The van der Waals surface area contributed by atoms with Crippen LogP contribution in [0.3, 0.4) is 0 Å². The number of benzene rings is 1. The zero-order valence-corrected chi connectivity index (χ0v) is 18.1. The van der Waals surface area contributed by atoms with Crippen LogP contribution in [0.1, 0.15) is 50.2 Å². The van der Waals surface area contributed by atoms with E-state index in [1.807, 2.05) is 39.0 Å². The number of rotatable bonds is 6. The quantitative estimate of drug-likeness (QED) is 0.735. The fourth-order valence-corrected chi connectivity index (χ4v) is 3.81. The molecule has 0 aliphatic carbocycles. The third-order valence-corrected chi connectivity index (χ3v) is 5.45. The summed E-state index contributed by atoms with van der Waals surface area (Å²) >= 11 is 0. The van der Waals surface area contributed by atoms with Crippen molar-refractivity contribution in [1.82, 2.24) is 9.80 Å². The van der Waals surface area contributed by atoms with Crippen LogP contribution in [0.5, 0.6) is 0 Å². The number of nitrogens with zero attached hydrogens (tertiary/aromatic N) is 2. The van der Waals surface area contributed by atoms with Gasteiger partial charge in [-0.05, 0) is 44.2 Å². The number of anilines is 1. The molecule has 4 amide bonds. The largest absolute Gasteiger partial charge is 0.368 e. The highest BCUT2D eigenvalue weighted by Crippen LogP contribution is 2.19. The van der Waals surface area contributed by atoms with E-state index >= 15 is 0 Å². The van der Waals surface area contributed by atoms with Gasteiger partial charge in [-0.1, -0.05) is 25.1 Å². The predicted molar refractivity (Wildman–Crippen MR) is 115 cm³/mol. The molecule has 0 saturated carbocycles. The predicted octanol–water partition coefficient (Wildman–Crippen LogP) is 1.74. The van der Waals surface area contributed by atoms with E-state index in [0.717, 1.165) is 29.7 Å². The summed E-state index contributed by atoms with van der Waals surface area (Å²) in [6.45, 7) is 7.32. The zero-order chi connectivity index (χ0) is 22.3. The topological polar surface area (TPSA) is 113 Å². The van der Waals surface area contributed by atoms with Crippen molar-refractivity contribution in [3.8, 4) is 0 Å². The zero-order valence-electron chi connectivity index (χ0n) is 18.1. The maximum absolute atomic E-state index is 11.9. The van der Waals surface area contributed by atoms with Crippen molar-refractivity contribution >= 4 is 29.3 Å². The van der Waals surface area contributed by atoms with Crippen LogP contribution in [0.4, 0.5) is 5.69 Å². The summed E-state index contributed by atoms with van der Waals surface area (Å²) in [4.78, 5) is 48.6. The Balaban J connectivity index is 0.000000232. The Morgan fingerprint density at radius 3 is 2.13 bits per heavy atom. The number of amides is 4. The van der Waals surface area contributed by atoms with Gasteiger partial charge in [-0.25, -0.2) is 0 Å². The Morgan fingerprint density at radius 2 is 1.67 bits per heavy atom. The summed E-state index contributed by atoms with van der Waals surface area (Å²) in [5, 5.41) is 2.89. The van der Waals surface area contributed by atoms with Crippen LogP contribution >= 0.6 is 0 Å². The summed E-state index contributed by atoms with van der Waals surface area (Å²) in [5.74, 6) is -0.386. The molecule has 164 valence electrons. The maximum Gasteiger partial charge on any atom is 0.244 e. The third-order valence-electron chi connectivity index (χ3n) is 5.45. The van der Waals surface area contributed by atoms with Gasteiger partial charge in [-0.2, -0.15) is 0 Å². The first-order valence-electron chi connectivity index (χ1n) is 10.5. The highest BCUT2D eigenvalue weighted by atomic mass is 16.2. The first-order valence-corrected chi connectivity index (χ1v) is 10.5. The molecule has 30 heavy (non-hydrogen) atoms. The van der Waals surface area contributed by atoms with E-state index in [9.17, 15) is 19.2 Å². The van der Waals surface area contributed by atoms with E-state index in [1.54, 1.807) is 9.80 Å². The first kappa shape index (κ1) is 23.4. The summed E-state index contributed by atoms with van der Waals surface area (Å²) < 4.78 is 0. The minimum absolute atomic E-state index is 0.0562. The van der Waals surface area contributed by atoms with Gasteiger partial charge in [0, 0.05) is 31.6 Å². The van der Waals surface area contributed by atoms with Gasteiger partial charge in [0.25, 0.3) is 0 Å². The van der Waals surface area contributed by atoms with Crippen LogP contribution < -0.4 is 11.1 Å². The normalized spacial score (nSPS) is 16.9. The Labute approximate surface area is 177 Å². The number of carbonyl (C=O) groups is 4.